The van der Waals surface area contributed by atoms with Gasteiger partial charge in [0.15, 0.2) is 5.17 Å². The number of hydrogen-bond donors (Lipinski definition) is 1. The van der Waals surface area contributed by atoms with Gasteiger partial charge in [-0.1, -0.05) is 25.6 Å². The minimum absolute atomic E-state index is 0.233. The van der Waals surface area contributed by atoms with E-state index in [1.807, 2.05) is 11.8 Å². The number of thioether (sulfide) groups is 1. The smallest absolute Gasteiger partial charge is 0.157 e. The zero-order valence-corrected chi connectivity index (χ0v) is 11.0. The standard InChI is InChI=1S/C12H22N2S/c1-8-5-6-10(9(8)2)13-11-14-12(3,4)7-15-11/h8-10H,5-7H2,1-4H3,(H,13,14). The van der Waals surface area contributed by atoms with Crippen molar-refractivity contribution in [2.45, 2.75) is 52.1 Å². The third-order valence-electron chi connectivity index (χ3n) is 3.72. The van der Waals surface area contributed by atoms with Crippen LogP contribution in [-0.2, 0) is 0 Å². The maximum absolute atomic E-state index is 4.87. The van der Waals surface area contributed by atoms with Crippen LogP contribution in [0.25, 0.3) is 0 Å². The maximum Gasteiger partial charge on any atom is 0.157 e. The van der Waals surface area contributed by atoms with Crippen LogP contribution in [0, 0.1) is 11.8 Å². The number of nitrogens with zero attached hydrogens (tertiary/aromatic N) is 1. The van der Waals surface area contributed by atoms with E-state index in [1.165, 1.54) is 18.0 Å². The van der Waals surface area contributed by atoms with Crippen LogP contribution in [0.1, 0.15) is 40.5 Å². The van der Waals surface area contributed by atoms with Crippen molar-refractivity contribution in [3.8, 4) is 0 Å². The molecule has 2 rings (SSSR count). The lowest BCUT2D eigenvalue weighted by Gasteiger charge is -2.18. The van der Waals surface area contributed by atoms with Crippen LogP contribution >= 0.6 is 11.8 Å². The van der Waals surface area contributed by atoms with Gasteiger partial charge in [0.2, 0.25) is 0 Å². The molecule has 0 aromatic rings. The van der Waals surface area contributed by atoms with Gasteiger partial charge in [-0.25, -0.2) is 0 Å². The second-order valence-corrected chi connectivity index (χ2v) is 6.68. The van der Waals surface area contributed by atoms with Crippen LogP contribution < -0.4 is 5.32 Å². The Morgan fingerprint density at radius 1 is 1.33 bits per heavy atom. The summed E-state index contributed by atoms with van der Waals surface area (Å²) in [6.07, 6.45) is 2.62. The molecule has 1 aliphatic heterocycles. The zero-order chi connectivity index (χ0) is 11.1. The number of rotatable bonds is 1. The van der Waals surface area contributed by atoms with Gasteiger partial charge in [0.05, 0.1) is 6.04 Å². The Labute approximate surface area is 97.3 Å². The summed E-state index contributed by atoms with van der Waals surface area (Å²) in [5.41, 5.74) is 0.233. The molecule has 2 aliphatic rings. The van der Waals surface area contributed by atoms with Gasteiger partial charge in [0, 0.05) is 11.3 Å². The van der Waals surface area contributed by atoms with Gasteiger partial charge in [0.25, 0.3) is 0 Å². The summed E-state index contributed by atoms with van der Waals surface area (Å²) in [5, 5.41) is 4.68. The molecule has 0 radical (unpaired) electrons. The van der Waals surface area contributed by atoms with Gasteiger partial charge in [-0.2, -0.15) is 0 Å². The monoisotopic (exact) mass is 226 g/mol. The third kappa shape index (κ3) is 2.49. The number of nitrogens with one attached hydrogen (secondary N) is 1. The van der Waals surface area contributed by atoms with Crippen molar-refractivity contribution in [1.29, 1.82) is 0 Å². The molecular formula is C12H22N2S. The molecule has 3 heteroatoms. The van der Waals surface area contributed by atoms with E-state index in [9.17, 15) is 0 Å². The van der Waals surface area contributed by atoms with Crippen LogP contribution in [0.2, 0.25) is 0 Å². The van der Waals surface area contributed by atoms with Crippen LogP contribution in [0.4, 0.5) is 0 Å². The van der Waals surface area contributed by atoms with Crippen molar-refractivity contribution in [3.05, 3.63) is 0 Å². The first-order chi connectivity index (χ1) is 6.98. The molecular weight excluding hydrogens is 204 g/mol. The summed E-state index contributed by atoms with van der Waals surface area (Å²) in [7, 11) is 0. The average Bonchev–Trinajstić information content (AvgIpc) is 2.63. The third-order valence-corrected chi connectivity index (χ3v) is 5.07. The fourth-order valence-corrected chi connectivity index (χ4v) is 3.48. The normalized spacial score (nSPS) is 42.1. The Morgan fingerprint density at radius 2 is 2.07 bits per heavy atom. The summed E-state index contributed by atoms with van der Waals surface area (Å²) in [6, 6.07) is 0.559. The van der Waals surface area contributed by atoms with Crippen molar-refractivity contribution < 1.29 is 0 Å². The molecule has 1 aliphatic carbocycles. The zero-order valence-electron chi connectivity index (χ0n) is 10.2. The lowest BCUT2D eigenvalue weighted by Crippen LogP contribution is -2.37. The molecule has 1 N–H and O–H groups in total. The highest BCUT2D eigenvalue weighted by molar-refractivity contribution is 8.14. The van der Waals surface area contributed by atoms with Gasteiger partial charge in [-0.05, 0) is 38.5 Å². The fraction of sp³-hybridized carbons (Fsp3) is 0.917. The Balaban J connectivity index is 2.00. The highest BCUT2D eigenvalue weighted by atomic mass is 32.2. The van der Waals surface area contributed by atoms with Gasteiger partial charge in [0.1, 0.15) is 0 Å². The van der Waals surface area contributed by atoms with Crippen molar-refractivity contribution in [2.75, 3.05) is 5.75 Å². The minimum atomic E-state index is 0.233. The van der Waals surface area contributed by atoms with E-state index >= 15 is 0 Å². The molecule has 3 atom stereocenters. The summed E-state index contributed by atoms with van der Waals surface area (Å²) < 4.78 is 0. The first kappa shape index (κ1) is 11.3. The van der Waals surface area contributed by atoms with Gasteiger partial charge >= 0.3 is 0 Å². The van der Waals surface area contributed by atoms with Crippen LogP contribution in [0.15, 0.2) is 4.99 Å². The maximum atomic E-state index is 4.87. The largest absolute Gasteiger partial charge is 0.359 e. The summed E-state index contributed by atoms with van der Waals surface area (Å²) >= 11 is 1.88. The van der Waals surface area contributed by atoms with E-state index in [4.69, 9.17) is 4.99 Å². The first-order valence-electron chi connectivity index (χ1n) is 5.97. The van der Waals surface area contributed by atoms with Gasteiger partial charge in [-0.15, -0.1) is 0 Å². The number of aliphatic imine (C=N–C) groups is 1. The quantitative estimate of drug-likeness (QED) is 0.743. The molecule has 0 amide bonds. The molecule has 15 heavy (non-hydrogen) atoms. The molecule has 2 fully saturated rings. The number of hydrogen-bond acceptors (Lipinski definition) is 2. The molecule has 0 aromatic heterocycles. The van der Waals surface area contributed by atoms with Crippen LogP contribution in [0.3, 0.4) is 0 Å². The van der Waals surface area contributed by atoms with Crippen molar-refractivity contribution in [2.24, 2.45) is 16.8 Å². The Bertz CT molecular complexity index is 273. The topological polar surface area (TPSA) is 24.4 Å². The number of amidine groups is 1. The average molecular weight is 226 g/mol. The highest BCUT2D eigenvalue weighted by Gasteiger charge is 2.32. The summed E-state index contributed by atoms with van der Waals surface area (Å²) in [4.78, 5) is 4.87. The van der Waals surface area contributed by atoms with E-state index in [-0.39, 0.29) is 5.54 Å². The van der Waals surface area contributed by atoms with Crippen molar-refractivity contribution in [1.82, 2.24) is 5.32 Å². The molecule has 2 nitrogen and oxygen atoms in total. The summed E-state index contributed by atoms with van der Waals surface area (Å²) in [5.74, 6) is 2.74. The molecule has 3 unspecified atom stereocenters. The van der Waals surface area contributed by atoms with E-state index in [1.54, 1.807) is 0 Å². The Kier molecular flexibility index (Phi) is 3.02. The first-order valence-corrected chi connectivity index (χ1v) is 6.95. The molecule has 1 saturated heterocycles. The molecule has 0 spiro atoms. The van der Waals surface area contributed by atoms with Crippen molar-refractivity contribution >= 4 is 16.9 Å². The lowest BCUT2D eigenvalue weighted by molar-refractivity contribution is 0.422. The lowest BCUT2D eigenvalue weighted by atomic mass is 9.98. The van der Waals surface area contributed by atoms with E-state index in [2.05, 4.69) is 33.0 Å². The van der Waals surface area contributed by atoms with Gasteiger partial charge in [-0.3, -0.25) is 4.99 Å². The molecule has 0 aromatic carbocycles. The Hall–Kier alpha value is -0.180. The second kappa shape index (κ2) is 4.00. The predicted octanol–water partition coefficient (Wildman–Crippen LogP) is 2.89. The second-order valence-electron chi connectivity index (χ2n) is 5.71. The molecule has 1 heterocycles. The van der Waals surface area contributed by atoms with Crippen LogP contribution in [-0.4, -0.2) is 22.5 Å². The van der Waals surface area contributed by atoms with E-state index in [0.717, 1.165) is 17.6 Å². The summed E-state index contributed by atoms with van der Waals surface area (Å²) in [6.45, 7) is 9.17. The van der Waals surface area contributed by atoms with Gasteiger partial charge < -0.3 is 5.32 Å². The molecule has 86 valence electrons. The Morgan fingerprint density at radius 3 is 2.53 bits per heavy atom. The van der Waals surface area contributed by atoms with Crippen LogP contribution in [0.5, 0.6) is 0 Å². The molecule has 1 saturated carbocycles. The highest BCUT2D eigenvalue weighted by Crippen LogP contribution is 2.34. The minimum Gasteiger partial charge on any atom is -0.359 e. The van der Waals surface area contributed by atoms with E-state index < -0.39 is 0 Å². The predicted molar refractivity (Wildman–Crippen MR) is 68.5 cm³/mol. The van der Waals surface area contributed by atoms with Crippen molar-refractivity contribution in [3.63, 3.8) is 0 Å². The fourth-order valence-electron chi connectivity index (χ4n) is 2.35. The molecule has 0 bridgehead atoms. The van der Waals surface area contributed by atoms with E-state index in [0.29, 0.717) is 6.04 Å². The SMILES string of the molecule is CC1CCC(N=C2NC(C)(C)CS2)C1C.